The molecule has 0 spiro atoms. The van der Waals surface area contributed by atoms with Crippen molar-refractivity contribution in [2.45, 2.75) is 38.6 Å². The second-order valence-corrected chi connectivity index (χ2v) is 4.92. The van der Waals surface area contributed by atoms with Crippen LogP contribution in [0, 0.1) is 5.92 Å². The molecule has 4 N–H and O–H groups in total. The van der Waals surface area contributed by atoms with Crippen molar-refractivity contribution in [1.82, 2.24) is 10.3 Å². The van der Waals surface area contributed by atoms with Crippen molar-refractivity contribution in [3.63, 3.8) is 0 Å². The van der Waals surface area contributed by atoms with Crippen LogP contribution in [0.2, 0.25) is 0 Å². The fourth-order valence-electron chi connectivity index (χ4n) is 2.40. The number of nitrogens with two attached hydrogens (primary N) is 1. The Kier molecular flexibility index (Phi) is 4.15. The van der Waals surface area contributed by atoms with Crippen LogP contribution in [-0.2, 0) is 0 Å². The molecule has 2 rings (SSSR count). The molecule has 18 heavy (non-hydrogen) atoms. The predicted octanol–water partition coefficient (Wildman–Crippen LogP) is 1.68. The van der Waals surface area contributed by atoms with Gasteiger partial charge < -0.3 is 10.7 Å². The summed E-state index contributed by atoms with van der Waals surface area (Å²) in [5.74, 6) is 6.29. The molecule has 1 aliphatic rings. The number of nitrogen functional groups attached to an aromatic ring is 1. The fourth-order valence-corrected chi connectivity index (χ4v) is 2.40. The maximum Gasteiger partial charge on any atom is 0.253 e. The number of aromatic nitrogens is 1. The minimum absolute atomic E-state index is 0.0511. The van der Waals surface area contributed by atoms with Gasteiger partial charge in [0.15, 0.2) is 0 Å². The van der Waals surface area contributed by atoms with Gasteiger partial charge >= 0.3 is 0 Å². The van der Waals surface area contributed by atoms with E-state index >= 15 is 0 Å². The first-order valence-corrected chi connectivity index (χ1v) is 6.44. The van der Waals surface area contributed by atoms with E-state index in [0.717, 1.165) is 6.42 Å². The zero-order valence-corrected chi connectivity index (χ0v) is 10.6. The molecule has 2 unspecified atom stereocenters. The van der Waals surface area contributed by atoms with Gasteiger partial charge in [-0.25, -0.2) is 10.8 Å². The number of amides is 1. The Morgan fingerprint density at radius 3 is 2.78 bits per heavy atom. The zero-order chi connectivity index (χ0) is 13.0. The standard InChI is InChI=1S/C13H20N4O/c1-9-4-2-3-5-11(9)16-13(18)10-6-7-12(17-14)15-8-10/h6-9,11H,2-5,14H2,1H3,(H,15,17)(H,16,18). The van der Waals surface area contributed by atoms with Crippen molar-refractivity contribution in [2.24, 2.45) is 11.8 Å². The Labute approximate surface area is 107 Å². The van der Waals surface area contributed by atoms with Crippen molar-refractivity contribution in [2.75, 3.05) is 5.43 Å². The number of hydrogen-bond donors (Lipinski definition) is 3. The van der Waals surface area contributed by atoms with Crippen LogP contribution in [0.25, 0.3) is 0 Å². The number of rotatable bonds is 3. The van der Waals surface area contributed by atoms with Gasteiger partial charge in [0.1, 0.15) is 5.82 Å². The summed E-state index contributed by atoms with van der Waals surface area (Å²) in [6.45, 7) is 2.20. The molecule has 0 aliphatic heterocycles. The molecule has 98 valence electrons. The minimum atomic E-state index is -0.0511. The van der Waals surface area contributed by atoms with E-state index in [1.165, 1.54) is 25.5 Å². The van der Waals surface area contributed by atoms with Crippen molar-refractivity contribution in [3.8, 4) is 0 Å². The van der Waals surface area contributed by atoms with E-state index in [1.807, 2.05) is 0 Å². The van der Waals surface area contributed by atoms with E-state index in [-0.39, 0.29) is 5.91 Å². The number of carbonyl (C=O) groups excluding carboxylic acids is 1. The van der Waals surface area contributed by atoms with Crippen LogP contribution in [-0.4, -0.2) is 16.9 Å². The largest absolute Gasteiger partial charge is 0.349 e. The lowest BCUT2D eigenvalue weighted by atomic mass is 9.86. The normalized spacial score (nSPS) is 23.4. The summed E-state index contributed by atoms with van der Waals surface area (Å²) in [4.78, 5) is 16.1. The van der Waals surface area contributed by atoms with Gasteiger partial charge in [0.2, 0.25) is 0 Å². The number of hydrazine groups is 1. The molecule has 5 heteroatoms. The monoisotopic (exact) mass is 248 g/mol. The molecule has 1 aliphatic carbocycles. The first-order chi connectivity index (χ1) is 8.70. The van der Waals surface area contributed by atoms with Crippen molar-refractivity contribution < 1.29 is 4.79 Å². The summed E-state index contributed by atoms with van der Waals surface area (Å²) in [7, 11) is 0. The van der Waals surface area contributed by atoms with Gasteiger partial charge in [-0.05, 0) is 30.9 Å². The molecule has 5 nitrogen and oxygen atoms in total. The highest BCUT2D eigenvalue weighted by Crippen LogP contribution is 2.23. The quantitative estimate of drug-likeness (QED) is 0.561. The first kappa shape index (κ1) is 12.8. The second-order valence-electron chi connectivity index (χ2n) is 4.92. The summed E-state index contributed by atoms with van der Waals surface area (Å²) in [5, 5.41) is 3.09. The van der Waals surface area contributed by atoms with Crippen LogP contribution in [0.3, 0.4) is 0 Å². The number of pyridine rings is 1. The molecule has 1 heterocycles. The van der Waals surface area contributed by atoms with Gasteiger partial charge in [0.25, 0.3) is 5.91 Å². The van der Waals surface area contributed by atoms with E-state index in [1.54, 1.807) is 12.1 Å². The summed E-state index contributed by atoms with van der Waals surface area (Å²) in [5.41, 5.74) is 3.01. The molecule has 0 aromatic carbocycles. The van der Waals surface area contributed by atoms with E-state index in [9.17, 15) is 4.79 Å². The van der Waals surface area contributed by atoms with Crippen LogP contribution >= 0.6 is 0 Å². The molecular weight excluding hydrogens is 228 g/mol. The molecule has 0 radical (unpaired) electrons. The smallest absolute Gasteiger partial charge is 0.253 e. The number of nitrogens with zero attached hydrogens (tertiary/aromatic N) is 1. The van der Waals surface area contributed by atoms with E-state index in [2.05, 4.69) is 22.7 Å². The van der Waals surface area contributed by atoms with E-state index in [4.69, 9.17) is 5.84 Å². The number of anilines is 1. The van der Waals surface area contributed by atoms with Crippen molar-refractivity contribution in [1.29, 1.82) is 0 Å². The van der Waals surface area contributed by atoms with Crippen LogP contribution in [0.5, 0.6) is 0 Å². The van der Waals surface area contributed by atoms with Crippen LogP contribution in [0.4, 0.5) is 5.82 Å². The lowest BCUT2D eigenvalue weighted by Gasteiger charge is -2.29. The fraction of sp³-hybridized carbons (Fsp3) is 0.538. The molecular formula is C13H20N4O. The average Bonchev–Trinajstić information content (AvgIpc) is 2.41. The predicted molar refractivity (Wildman–Crippen MR) is 70.9 cm³/mol. The molecule has 1 aromatic heterocycles. The molecule has 1 aromatic rings. The Bertz CT molecular complexity index is 404. The number of carbonyl (C=O) groups is 1. The Hall–Kier alpha value is -1.62. The van der Waals surface area contributed by atoms with Crippen LogP contribution in [0.1, 0.15) is 43.0 Å². The lowest BCUT2D eigenvalue weighted by Crippen LogP contribution is -2.41. The Morgan fingerprint density at radius 2 is 2.17 bits per heavy atom. The van der Waals surface area contributed by atoms with Gasteiger partial charge in [-0.3, -0.25) is 4.79 Å². The van der Waals surface area contributed by atoms with Crippen LogP contribution in [0.15, 0.2) is 18.3 Å². The highest BCUT2D eigenvalue weighted by Gasteiger charge is 2.23. The number of hydrogen-bond acceptors (Lipinski definition) is 4. The summed E-state index contributed by atoms with van der Waals surface area (Å²) < 4.78 is 0. The van der Waals surface area contributed by atoms with Gasteiger partial charge in [0, 0.05) is 12.2 Å². The minimum Gasteiger partial charge on any atom is -0.349 e. The summed E-state index contributed by atoms with van der Waals surface area (Å²) in [6.07, 6.45) is 6.27. The van der Waals surface area contributed by atoms with Crippen molar-refractivity contribution in [3.05, 3.63) is 23.9 Å². The maximum absolute atomic E-state index is 12.1. The van der Waals surface area contributed by atoms with Gasteiger partial charge in [-0.2, -0.15) is 0 Å². The maximum atomic E-state index is 12.1. The third-order valence-corrected chi connectivity index (χ3v) is 3.60. The van der Waals surface area contributed by atoms with Crippen LogP contribution < -0.4 is 16.6 Å². The molecule has 1 fully saturated rings. The lowest BCUT2D eigenvalue weighted by molar-refractivity contribution is 0.0910. The highest BCUT2D eigenvalue weighted by atomic mass is 16.1. The van der Waals surface area contributed by atoms with Gasteiger partial charge in [-0.1, -0.05) is 19.8 Å². The molecule has 1 amide bonds. The average molecular weight is 248 g/mol. The molecule has 1 saturated carbocycles. The van der Waals surface area contributed by atoms with Gasteiger partial charge in [-0.15, -0.1) is 0 Å². The highest BCUT2D eigenvalue weighted by molar-refractivity contribution is 5.94. The molecule has 2 atom stereocenters. The SMILES string of the molecule is CC1CCCCC1NC(=O)c1ccc(NN)nc1. The summed E-state index contributed by atoms with van der Waals surface area (Å²) >= 11 is 0. The third-order valence-electron chi connectivity index (χ3n) is 3.60. The molecule has 0 bridgehead atoms. The Morgan fingerprint density at radius 1 is 1.39 bits per heavy atom. The topological polar surface area (TPSA) is 80.0 Å². The summed E-state index contributed by atoms with van der Waals surface area (Å²) in [6, 6.07) is 3.71. The number of nitrogens with one attached hydrogen (secondary N) is 2. The van der Waals surface area contributed by atoms with E-state index < -0.39 is 0 Å². The van der Waals surface area contributed by atoms with Crippen molar-refractivity contribution >= 4 is 11.7 Å². The van der Waals surface area contributed by atoms with Gasteiger partial charge in [0.05, 0.1) is 5.56 Å². The zero-order valence-electron chi connectivity index (χ0n) is 10.6. The van der Waals surface area contributed by atoms with E-state index in [0.29, 0.717) is 23.3 Å². The Balaban J connectivity index is 1.97. The third kappa shape index (κ3) is 2.98. The second kappa shape index (κ2) is 5.82. The molecule has 0 saturated heterocycles. The first-order valence-electron chi connectivity index (χ1n) is 6.44.